The van der Waals surface area contributed by atoms with E-state index in [0.29, 0.717) is 34.5 Å². The van der Waals surface area contributed by atoms with Gasteiger partial charge < -0.3 is 15.4 Å². The first-order valence-electron chi connectivity index (χ1n) is 8.80. The van der Waals surface area contributed by atoms with Gasteiger partial charge in [-0.2, -0.15) is 0 Å². The molecule has 3 rings (SSSR count). The zero-order valence-electron chi connectivity index (χ0n) is 15.8. The van der Waals surface area contributed by atoms with Crippen molar-refractivity contribution in [3.63, 3.8) is 0 Å². The molecule has 0 saturated heterocycles. The largest absolute Gasteiger partial charge is 0.497 e. The number of carbonyl (C=O) groups excluding carboxylic acids is 2. The van der Waals surface area contributed by atoms with Crippen LogP contribution in [-0.2, 0) is 17.1 Å². The topological polar surface area (TPSA) is 93.2 Å². The number of carbonyl (C=O) groups is 2. The molecule has 9 heteroatoms. The predicted molar refractivity (Wildman–Crippen MR) is 115 cm³/mol. The molecule has 2 amide bonds. The third-order valence-corrected chi connectivity index (χ3v) is 5.85. The minimum absolute atomic E-state index is 0.0409. The molecule has 0 aliphatic carbocycles. The number of ether oxygens (including phenoxy) is 1. The third kappa shape index (κ3) is 6.58. The van der Waals surface area contributed by atoms with Crippen molar-refractivity contribution in [2.75, 3.05) is 18.2 Å². The van der Waals surface area contributed by atoms with Crippen LogP contribution < -0.4 is 15.4 Å². The van der Waals surface area contributed by atoms with Crippen molar-refractivity contribution < 1.29 is 14.3 Å². The van der Waals surface area contributed by atoms with Gasteiger partial charge in [0.25, 0.3) is 5.91 Å². The van der Waals surface area contributed by atoms with E-state index in [2.05, 4.69) is 20.8 Å². The number of thioether (sulfide) groups is 1. The quantitative estimate of drug-likeness (QED) is 0.543. The molecule has 0 radical (unpaired) electrons. The van der Waals surface area contributed by atoms with Gasteiger partial charge in [0, 0.05) is 18.0 Å². The normalized spacial score (nSPS) is 10.4. The number of aromatic nitrogens is 2. The molecule has 0 unspecified atom stereocenters. The van der Waals surface area contributed by atoms with Crippen molar-refractivity contribution >= 4 is 40.6 Å². The summed E-state index contributed by atoms with van der Waals surface area (Å²) in [6, 6.07) is 16.8. The summed E-state index contributed by atoms with van der Waals surface area (Å²) in [5.41, 5.74) is 1.71. The van der Waals surface area contributed by atoms with E-state index >= 15 is 0 Å². The lowest BCUT2D eigenvalue weighted by molar-refractivity contribution is -0.118. The Morgan fingerprint density at radius 3 is 2.55 bits per heavy atom. The van der Waals surface area contributed by atoms with Crippen LogP contribution in [0, 0.1) is 0 Å². The highest BCUT2D eigenvalue weighted by Crippen LogP contribution is 2.19. The lowest BCUT2D eigenvalue weighted by atomic mass is 10.2. The SMILES string of the molecule is COc1ccc(NC(=O)c2nnc(CSCC(=O)NCc3ccccc3)s2)cc1. The molecule has 29 heavy (non-hydrogen) atoms. The maximum absolute atomic E-state index is 12.3. The van der Waals surface area contributed by atoms with Crippen LogP contribution in [0.4, 0.5) is 5.69 Å². The van der Waals surface area contributed by atoms with Crippen LogP contribution in [0.1, 0.15) is 20.4 Å². The van der Waals surface area contributed by atoms with Crippen LogP contribution >= 0.6 is 23.1 Å². The number of hydrogen-bond donors (Lipinski definition) is 2. The fourth-order valence-corrected chi connectivity index (χ4v) is 3.98. The molecule has 0 aliphatic heterocycles. The van der Waals surface area contributed by atoms with Crippen LogP contribution in [0.2, 0.25) is 0 Å². The van der Waals surface area contributed by atoms with Gasteiger partial charge in [0.2, 0.25) is 10.9 Å². The number of nitrogens with zero attached hydrogens (tertiary/aromatic N) is 2. The number of anilines is 1. The van der Waals surface area contributed by atoms with Crippen molar-refractivity contribution in [2.24, 2.45) is 0 Å². The summed E-state index contributed by atoms with van der Waals surface area (Å²) < 4.78 is 5.09. The lowest BCUT2D eigenvalue weighted by Gasteiger charge is -2.04. The van der Waals surface area contributed by atoms with Gasteiger partial charge in [-0.15, -0.1) is 22.0 Å². The van der Waals surface area contributed by atoms with Gasteiger partial charge in [0.15, 0.2) is 0 Å². The first-order valence-corrected chi connectivity index (χ1v) is 10.8. The third-order valence-electron chi connectivity index (χ3n) is 3.80. The number of benzene rings is 2. The highest BCUT2D eigenvalue weighted by atomic mass is 32.2. The van der Waals surface area contributed by atoms with Gasteiger partial charge in [-0.05, 0) is 29.8 Å². The van der Waals surface area contributed by atoms with E-state index in [1.165, 1.54) is 23.1 Å². The van der Waals surface area contributed by atoms with Crippen molar-refractivity contribution in [3.05, 3.63) is 70.2 Å². The second-order valence-corrected chi connectivity index (χ2v) is 7.99. The molecule has 0 bridgehead atoms. The molecule has 0 spiro atoms. The molecule has 150 valence electrons. The smallest absolute Gasteiger partial charge is 0.286 e. The van der Waals surface area contributed by atoms with Crippen molar-refractivity contribution in [1.82, 2.24) is 15.5 Å². The van der Waals surface area contributed by atoms with Crippen LogP contribution in [0.25, 0.3) is 0 Å². The Labute approximate surface area is 176 Å². The molecule has 7 nitrogen and oxygen atoms in total. The molecule has 2 aromatic carbocycles. The Morgan fingerprint density at radius 1 is 1.07 bits per heavy atom. The highest BCUT2D eigenvalue weighted by Gasteiger charge is 2.13. The molecular formula is C20H20N4O3S2. The van der Waals surface area contributed by atoms with E-state index in [4.69, 9.17) is 4.74 Å². The summed E-state index contributed by atoms with van der Waals surface area (Å²) in [4.78, 5) is 24.2. The zero-order valence-corrected chi connectivity index (χ0v) is 17.4. The standard InChI is InChI=1S/C20H20N4O3S2/c1-27-16-9-7-15(8-10-16)22-19(26)20-24-23-18(29-20)13-28-12-17(25)21-11-14-5-3-2-4-6-14/h2-10H,11-13H2,1H3,(H,21,25)(H,22,26). The Kier molecular flexibility index (Phi) is 7.60. The number of hydrogen-bond acceptors (Lipinski definition) is 7. The van der Waals surface area contributed by atoms with Gasteiger partial charge in [0.05, 0.1) is 12.9 Å². The molecule has 0 fully saturated rings. The van der Waals surface area contributed by atoms with E-state index < -0.39 is 0 Å². The predicted octanol–water partition coefficient (Wildman–Crippen LogP) is 3.35. The molecule has 1 heterocycles. The average molecular weight is 429 g/mol. The Bertz CT molecular complexity index is 946. The van der Waals surface area contributed by atoms with Crippen molar-refractivity contribution in [1.29, 1.82) is 0 Å². The van der Waals surface area contributed by atoms with Crippen LogP contribution in [0.15, 0.2) is 54.6 Å². The fraction of sp³-hybridized carbons (Fsp3) is 0.200. The number of nitrogens with one attached hydrogen (secondary N) is 2. The van der Waals surface area contributed by atoms with Crippen LogP contribution in [-0.4, -0.2) is 34.9 Å². The molecule has 2 N–H and O–H groups in total. The molecular weight excluding hydrogens is 408 g/mol. The molecule has 0 saturated carbocycles. The molecule has 0 aliphatic rings. The Morgan fingerprint density at radius 2 is 1.83 bits per heavy atom. The van der Waals surface area contributed by atoms with E-state index in [9.17, 15) is 9.59 Å². The van der Waals surface area contributed by atoms with Gasteiger partial charge >= 0.3 is 0 Å². The summed E-state index contributed by atoms with van der Waals surface area (Å²) in [6.45, 7) is 0.509. The Hall–Kier alpha value is -2.91. The maximum Gasteiger partial charge on any atom is 0.286 e. The summed E-state index contributed by atoms with van der Waals surface area (Å²) in [7, 11) is 1.58. The molecule has 0 atom stereocenters. The van der Waals surface area contributed by atoms with Gasteiger partial charge in [-0.3, -0.25) is 9.59 Å². The van der Waals surface area contributed by atoms with E-state index in [1.54, 1.807) is 31.4 Å². The van der Waals surface area contributed by atoms with Crippen LogP contribution in [0.5, 0.6) is 5.75 Å². The van der Waals surface area contributed by atoms with E-state index in [0.717, 1.165) is 5.56 Å². The minimum atomic E-state index is -0.315. The van der Waals surface area contributed by atoms with Crippen molar-refractivity contribution in [3.8, 4) is 5.75 Å². The summed E-state index contributed by atoms with van der Waals surface area (Å²) in [5.74, 6) is 1.20. The molecule has 3 aromatic rings. The average Bonchev–Trinajstić information content (AvgIpc) is 3.23. The zero-order chi connectivity index (χ0) is 20.5. The van der Waals surface area contributed by atoms with E-state index in [-0.39, 0.29) is 16.8 Å². The second-order valence-electron chi connectivity index (χ2n) is 5.94. The number of methoxy groups -OCH3 is 1. The maximum atomic E-state index is 12.3. The van der Waals surface area contributed by atoms with Gasteiger partial charge in [-0.1, -0.05) is 41.7 Å². The second kappa shape index (κ2) is 10.6. The summed E-state index contributed by atoms with van der Waals surface area (Å²) in [5, 5.41) is 14.6. The lowest BCUT2D eigenvalue weighted by Crippen LogP contribution is -2.24. The van der Waals surface area contributed by atoms with Crippen LogP contribution in [0.3, 0.4) is 0 Å². The summed E-state index contributed by atoms with van der Waals surface area (Å²) in [6.07, 6.45) is 0. The highest BCUT2D eigenvalue weighted by molar-refractivity contribution is 7.99. The van der Waals surface area contributed by atoms with E-state index in [1.807, 2.05) is 30.3 Å². The summed E-state index contributed by atoms with van der Waals surface area (Å²) >= 11 is 2.65. The number of amides is 2. The fourth-order valence-electron chi connectivity index (χ4n) is 2.34. The minimum Gasteiger partial charge on any atom is -0.497 e. The van der Waals surface area contributed by atoms with Gasteiger partial charge in [0.1, 0.15) is 10.8 Å². The number of rotatable bonds is 9. The molecule has 1 aromatic heterocycles. The Balaban J connectivity index is 1.41. The first kappa shape index (κ1) is 20.8. The van der Waals surface area contributed by atoms with Crippen molar-refractivity contribution in [2.45, 2.75) is 12.3 Å². The monoisotopic (exact) mass is 428 g/mol. The van der Waals surface area contributed by atoms with Gasteiger partial charge in [-0.25, -0.2) is 0 Å². The first-order chi connectivity index (χ1) is 14.1.